The summed E-state index contributed by atoms with van der Waals surface area (Å²) in [5.74, 6) is 0.402. The molecule has 0 bridgehead atoms. The third-order valence-electron chi connectivity index (χ3n) is 2.60. The fourth-order valence-electron chi connectivity index (χ4n) is 1.56. The van der Waals surface area contributed by atoms with Gasteiger partial charge in [0.25, 0.3) is 0 Å². The number of nitrogens with two attached hydrogens (primary N) is 1. The Morgan fingerprint density at radius 2 is 1.90 bits per heavy atom. The number of hydrogen-bond donors (Lipinski definition) is 2. The quantitative estimate of drug-likeness (QED) is 0.660. The van der Waals surface area contributed by atoms with Crippen LogP contribution in [0.1, 0.15) is 5.56 Å². The Morgan fingerprint density at radius 1 is 1.20 bits per heavy atom. The first-order valence-corrected chi connectivity index (χ1v) is 6.46. The first-order chi connectivity index (χ1) is 9.51. The second kappa shape index (κ2) is 5.92. The minimum Gasteiger partial charge on any atom is -0.497 e. The highest BCUT2D eigenvalue weighted by Gasteiger charge is 2.10. The van der Waals surface area contributed by atoms with Crippen LogP contribution in [0.4, 0.5) is 4.39 Å². The van der Waals surface area contributed by atoms with Gasteiger partial charge < -0.3 is 15.2 Å². The van der Waals surface area contributed by atoms with Crippen molar-refractivity contribution in [2.45, 2.75) is 0 Å². The van der Waals surface area contributed by atoms with E-state index in [0.29, 0.717) is 21.5 Å². The van der Waals surface area contributed by atoms with Gasteiger partial charge in [-0.15, -0.1) is 0 Å². The maximum absolute atomic E-state index is 13.9. The van der Waals surface area contributed by atoms with Crippen molar-refractivity contribution < 1.29 is 13.9 Å². The van der Waals surface area contributed by atoms with Crippen molar-refractivity contribution >= 4 is 21.8 Å². The number of benzene rings is 2. The minimum absolute atomic E-state index is 0.0564. The molecule has 4 nitrogen and oxygen atoms in total. The molecule has 2 aromatic rings. The van der Waals surface area contributed by atoms with Crippen LogP contribution in [0.2, 0.25) is 0 Å². The molecule has 20 heavy (non-hydrogen) atoms. The van der Waals surface area contributed by atoms with Crippen LogP contribution in [0.25, 0.3) is 0 Å². The fraction of sp³-hybridized carbons (Fsp3) is 0.0714. The van der Waals surface area contributed by atoms with Gasteiger partial charge in [0.2, 0.25) is 0 Å². The SMILES string of the molecule is COc1ccc(Oc2ccc(C(=N)N)cc2F)c(Br)c1. The Balaban J connectivity index is 2.28. The molecule has 6 heteroatoms. The topological polar surface area (TPSA) is 68.3 Å². The maximum atomic E-state index is 13.9. The predicted molar refractivity (Wildman–Crippen MR) is 78.2 cm³/mol. The van der Waals surface area contributed by atoms with Gasteiger partial charge >= 0.3 is 0 Å². The molecule has 0 aliphatic heterocycles. The van der Waals surface area contributed by atoms with Crippen molar-refractivity contribution in [2.75, 3.05) is 7.11 Å². The van der Waals surface area contributed by atoms with E-state index >= 15 is 0 Å². The summed E-state index contributed by atoms with van der Waals surface area (Å²) in [7, 11) is 1.56. The number of amidine groups is 1. The highest BCUT2D eigenvalue weighted by molar-refractivity contribution is 9.10. The Kier molecular flexibility index (Phi) is 4.24. The maximum Gasteiger partial charge on any atom is 0.166 e. The molecule has 0 saturated carbocycles. The number of rotatable bonds is 4. The zero-order chi connectivity index (χ0) is 14.7. The molecule has 0 radical (unpaired) electrons. The van der Waals surface area contributed by atoms with E-state index in [1.54, 1.807) is 25.3 Å². The molecular weight excluding hydrogens is 327 g/mol. The molecule has 0 saturated heterocycles. The third-order valence-corrected chi connectivity index (χ3v) is 3.22. The number of methoxy groups -OCH3 is 1. The molecule has 0 heterocycles. The molecule has 2 rings (SSSR count). The predicted octanol–water partition coefficient (Wildman–Crippen LogP) is 3.67. The van der Waals surface area contributed by atoms with Crippen LogP contribution >= 0.6 is 15.9 Å². The van der Waals surface area contributed by atoms with Crippen molar-refractivity contribution in [1.29, 1.82) is 5.41 Å². The first kappa shape index (κ1) is 14.3. The molecule has 0 aliphatic carbocycles. The smallest absolute Gasteiger partial charge is 0.166 e. The summed E-state index contributed by atoms with van der Waals surface area (Å²) in [4.78, 5) is 0. The lowest BCUT2D eigenvalue weighted by Crippen LogP contribution is -2.11. The van der Waals surface area contributed by atoms with Crippen LogP contribution in [-0.2, 0) is 0 Å². The standard InChI is InChI=1S/C14H12BrFN2O2/c1-19-9-3-5-12(10(15)7-9)20-13-4-2-8(14(17)18)6-11(13)16/h2-7H,1H3,(H3,17,18). The van der Waals surface area contributed by atoms with Crippen molar-refractivity contribution in [3.63, 3.8) is 0 Å². The summed E-state index contributed by atoms with van der Waals surface area (Å²) in [5.41, 5.74) is 5.60. The number of ether oxygens (including phenoxy) is 2. The van der Waals surface area contributed by atoms with E-state index in [0.717, 1.165) is 6.07 Å². The fourth-order valence-corrected chi connectivity index (χ4v) is 2.00. The van der Waals surface area contributed by atoms with Gasteiger partial charge in [-0.25, -0.2) is 4.39 Å². The number of nitrogen functional groups attached to an aromatic ring is 1. The van der Waals surface area contributed by atoms with Crippen LogP contribution in [0.15, 0.2) is 40.9 Å². The van der Waals surface area contributed by atoms with Gasteiger partial charge in [0, 0.05) is 5.56 Å². The van der Waals surface area contributed by atoms with Crippen LogP contribution in [-0.4, -0.2) is 12.9 Å². The normalized spacial score (nSPS) is 10.2. The van der Waals surface area contributed by atoms with E-state index < -0.39 is 5.82 Å². The van der Waals surface area contributed by atoms with Crippen molar-refractivity contribution in [1.82, 2.24) is 0 Å². The molecule has 0 atom stereocenters. The number of halogens is 2. The summed E-state index contributed by atoms with van der Waals surface area (Å²) in [5, 5.41) is 7.25. The lowest BCUT2D eigenvalue weighted by molar-refractivity contribution is 0.410. The highest BCUT2D eigenvalue weighted by Crippen LogP contribution is 2.33. The molecule has 3 N–H and O–H groups in total. The molecule has 0 aliphatic rings. The zero-order valence-corrected chi connectivity index (χ0v) is 12.2. The van der Waals surface area contributed by atoms with E-state index in [1.807, 2.05) is 0 Å². The molecule has 0 unspecified atom stereocenters. The summed E-state index contributed by atoms with van der Waals surface area (Å²) < 4.78 is 25.1. The Labute approximate surface area is 124 Å². The molecule has 104 valence electrons. The summed E-state index contributed by atoms with van der Waals surface area (Å²) in [6.45, 7) is 0. The van der Waals surface area contributed by atoms with E-state index in [4.69, 9.17) is 20.6 Å². The Hall–Kier alpha value is -2.08. The molecule has 0 spiro atoms. The second-order valence-corrected chi connectivity index (χ2v) is 4.81. The number of nitrogens with one attached hydrogen (secondary N) is 1. The van der Waals surface area contributed by atoms with Gasteiger partial charge in [-0.2, -0.15) is 0 Å². The van der Waals surface area contributed by atoms with Crippen LogP contribution in [0.5, 0.6) is 17.2 Å². The van der Waals surface area contributed by atoms with E-state index in [9.17, 15) is 4.39 Å². The Morgan fingerprint density at radius 3 is 2.45 bits per heavy atom. The van der Waals surface area contributed by atoms with Gasteiger partial charge in [0.05, 0.1) is 11.6 Å². The van der Waals surface area contributed by atoms with Crippen LogP contribution < -0.4 is 15.2 Å². The molecule has 0 aromatic heterocycles. The van der Waals surface area contributed by atoms with Gasteiger partial charge in [0.15, 0.2) is 11.6 Å². The Bertz CT molecular complexity index is 662. The van der Waals surface area contributed by atoms with Crippen LogP contribution in [0.3, 0.4) is 0 Å². The summed E-state index contributed by atoms with van der Waals surface area (Å²) >= 11 is 3.33. The lowest BCUT2D eigenvalue weighted by atomic mass is 10.2. The molecule has 0 fully saturated rings. The largest absolute Gasteiger partial charge is 0.497 e. The highest BCUT2D eigenvalue weighted by atomic mass is 79.9. The van der Waals surface area contributed by atoms with Gasteiger partial charge in [0.1, 0.15) is 17.3 Å². The first-order valence-electron chi connectivity index (χ1n) is 5.66. The summed E-state index contributed by atoms with van der Waals surface area (Å²) in [6, 6.07) is 9.22. The van der Waals surface area contributed by atoms with Gasteiger partial charge in [-0.3, -0.25) is 5.41 Å². The molecule has 0 amide bonds. The van der Waals surface area contributed by atoms with E-state index in [-0.39, 0.29) is 11.6 Å². The lowest BCUT2D eigenvalue weighted by Gasteiger charge is -2.10. The average molecular weight is 339 g/mol. The van der Waals surface area contributed by atoms with Crippen molar-refractivity contribution in [3.8, 4) is 17.2 Å². The second-order valence-electron chi connectivity index (χ2n) is 3.96. The molecule has 2 aromatic carbocycles. The monoisotopic (exact) mass is 338 g/mol. The minimum atomic E-state index is -0.583. The van der Waals surface area contributed by atoms with E-state index in [2.05, 4.69) is 15.9 Å². The van der Waals surface area contributed by atoms with Crippen LogP contribution in [0, 0.1) is 11.2 Å². The summed E-state index contributed by atoms with van der Waals surface area (Å²) in [6.07, 6.45) is 0. The number of hydrogen-bond acceptors (Lipinski definition) is 3. The van der Waals surface area contributed by atoms with Crippen molar-refractivity contribution in [3.05, 3.63) is 52.3 Å². The zero-order valence-electron chi connectivity index (χ0n) is 10.6. The third kappa shape index (κ3) is 3.08. The van der Waals surface area contributed by atoms with Crippen molar-refractivity contribution in [2.24, 2.45) is 5.73 Å². The molecular formula is C14H12BrFN2O2. The van der Waals surface area contributed by atoms with Gasteiger partial charge in [-0.1, -0.05) is 0 Å². The van der Waals surface area contributed by atoms with E-state index in [1.165, 1.54) is 12.1 Å². The van der Waals surface area contributed by atoms with Gasteiger partial charge in [-0.05, 0) is 52.3 Å². The average Bonchev–Trinajstić information content (AvgIpc) is 2.42.